The van der Waals surface area contributed by atoms with Crippen LogP contribution in [0.4, 0.5) is 0 Å². The van der Waals surface area contributed by atoms with Crippen molar-refractivity contribution in [1.82, 2.24) is 0 Å². The second kappa shape index (κ2) is 6.14. The molecule has 2 heteroatoms. The lowest BCUT2D eigenvalue weighted by Gasteiger charge is -2.19. The molecule has 2 N–H and O–H groups in total. The first-order chi connectivity index (χ1) is 6.56. The van der Waals surface area contributed by atoms with E-state index >= 15 is 0 Å². The van der Waals surface area contributed by atoms with Crippen molar-refractivity contribution < 1.29 is 0 Å². The van der Waals surface area contributed by atoms with Gasteiger partial charge >= 0.3 is 0 Å². The molecule has 0 aliphatic heterocycles. The molecule has 0 saturated heterocycles. The zero-order chi connectivity index (χ0) is 10.7. The first kappa shape index (κ1) is 14.5. The van der Waals surface area contributed by atoms with Crippen LogP contribution >= 0.6 is 12.4 Å². The zero-order valence-corrected chi connectivity index (χ0v) is 10.9. The minimum Gasteiger partial charge on any atom is -0.324 e. The maximum absolute atomic E-state index is 6.17. The molecule has 0 aliphatic rings. The van der Waals surface area contributed by atoms with Gasteiger partial charge in [-0.05, 0) is 36.5 Å². The fraction of sp³-hybridized carbons (Fsp3) is 0.538. The van der Waals surface area contributed by atoms with Gasteiger partial charge in [0.2, 0.25) is 0 Å². The number of hydrogen-bond donors (Lipinski definition) is 1. The fourth-order valence-electron chi connectivity index (χ4n) is 1.55. The molecule has 1 rings (SSSR count). The number of nitrogens with two attached hydrogens (primary N) is 1. The van der Waals surface area contributed by atoms with E-state index in [2.05, 4.69) is 45.9 Å². The Hall–Kier alpha value is -0.530. The summed E-state index contributed by atoms with van der Waals surface area (Å²) in [5.41, 5.74) is 10.1. The van der Waals surface area contributed by atoms with Gasteiger partial charge in [0.15, 0.2) is 0 Å². The first-order valence-corrected chi connectivity index (χ1v) is 5.39. The van der Waals surface area contributed by atoms with Crippen molar-refractivity contribution in [1.29, 1.82) is 0 Å². The second-order valence-corrected chi connectivity index (χ2v) is 4.26. The third kappa shape index (κ3) is 3.51. The summed E-state index contributed by atoms with van der Waals surface area (Å²) in [6.45, 7) is 8.67. The molecule has 2 atom stereocenters. The van der Waals surface area contributed by atoms with E-state index in [0.29, 0.717) is 5.92 Å². The Balaban J connectivity index is 0.00000196. The van der Waals surface area contributed by atoms with Gasteiger partial charge in [0, 0.05) is 6.04 Å². The van der Waals surface area contributed by atoms with Gasteiger partial charge in [-0.15, -0.1) is 12.4 Å². The number of halogens is 1. The third-order valence-electron chi connectivity index (χ3n) is 3.17. The molecular formula is C13H22ClN. The van der Waals surface area contributed by atoms with Crippen molar-refractivity contribution in [3.05, 3.63) is 34.9 Å². The van der Waals surface area contributed by atoms with Crippen LogP contribution in [0.5, 0.6) is 0 Å². The summed E-state index contributed by atoms with van der Waals surface area (Å²) in [5.74, 6) is 0.553. The van der Waals surface area contributed by atoms with Gasteiger partial charge in [0.05, 0.1) is 0 Å². The summed E-state index contributed by atoms with van der Waals surface area (Å²) in [6.07, 6.45) is 1.13. The lowest BCUT2D eigenvalue weighted by Crippen LogP contribution is -2.18. The van der Waals surface area contributed by atoms with Crippen LogP contribution in [0.25, 0.3) is 0 Å². The molecule has 0 heterocycles. The maximum atomic E-state index is 6.17. The average Bonchev–Trinajstić information content (AvgIpc) is 2.20. The molecule has 0 saturated carbocycles. The van der Waals surface area contributed by atoms with E-state index in [1.54, 1.807) is 0 Å². The zero-order valence-electron chi connectivity index (χ0n) is 10.1. The SMILES string of the molecule is CCC(C)[C@H](N)c1ccc(C)c(C)c1.Cl. The highest BCUT2D eigenvalue weighted by Crippen LogP contribution is 2.23. The number of aryl methyl sites for hydroxylation is 2. The van der Waals surface area contributed by atoms with Gasteiger partial charge in [-0.2, -0.15) is 0 Å². The summed E-state index contributed by atoms with van der Waals surface area (Å²) < 4.78 is 0. The maximum Gasteiger partial charge on any atom is 0.0320 e. The molecule has 1 aromatic carbocycles. The minimum absolute atomic E-state index is 0. The van der Waals surface area contributed by atoms with E-state index in [1.807, 2.05) is 0 Å². The van der Waals surface area contributed by atoms with Gasteiger partial charge in [0.25, 0.3) is 0 Å². The van der Waals surface area contributed by atoms with E-state index in [9.17, 15) is 0 Å². The molecule has 86 valence electrons. The number of benzene rings is 1. The highest BCUT2D eigenvalue weighted by atomic mass is 35.5. The minimum atomic E-state index is 0. The van der Waals surface area contributed by atoms with Crippen molar-refractivity contribution in [3.63, 3.8) is 0 Å². The Morgan fingerprint density at radius 3 is 2.27 bits per heavy atom. The van der Waals surface area contributed by atoms with Gasteiger partial charge in [-0.25, -0.2) is 0 Å². The molecule has 0 fully saturated rings. The topological polar surface area (TPSA) is 26.0 Å². The van der Waals surface area contributed by atoms with Crippen molar-refractivity contribution in [3.8, 4) is 0 Å². The smallest absolute Gasteiger partial charge is 0.0320 e. The van der Waals surface area contributed by atoms with Gasteiger partial charge in [-0.3, -0.25) is 0 Å². The summed E-state index contributed by atoms with van der Waals surface area (Å²) in [6, 6.07) is 6.71. The van der Waals surface area contributed by atoms with Crippen LogP contribution in [0.1, 0.15) is 43.0 Å². The predicted octanol–water partition coefficient (Wildman–Crippen LogP) is 3.77. The van der Waals surface area contributed by atoms with Crippen molar-refractivity contribution in [2.75, 3.05) is 0 Å². The number of rotatable bonds is 3. The molecule has 15 heavy (non-hydrogen) atoms. The molecule has 0 aliphatic carbocycles. The number of hydrogen-bond acceptors (Lipinski definition) is 1. The Bertz CT molecular complexity index is 309. The van der Waals surface area contributed by atoms with Crippen LogP contribution in [-0.4, -0.2) is 0 Å². The van der Waals surface area contributed by atoms with E-state index < -0.39 is 0 Å². The van der Waals surface area contributed by atoms with E-state index in [4.69, 9.17) is 5.73 Å². The summed E-state index contributed by atoms with van der Waals surface area (Å²) >= 11 is 0. The fourth-order valence-corrected chi connectivity index (χ4v) is 1.55. The van der Waals surface area contributed by atoms with Crippen LogP contribution in [0.15, 0.2) is 18.2 Å². The second-order valence-electron chi connectivity index (χ2n) is 4.26. The van der Waals surface area contributed by atoms with Gasteiger partial charge in [0.1, 0.15) is 0 Å². The Morgan fingerprint density at radius 2 is 1.80 bits per heavy atom. The monoisotopic (exact) mass is 227 g/mol. The van der Waals surface area contributed by atoms with E-state index in [0.717, 1.165) is 6.42 Å². The predicted molar refractivity (Wildman–Crippen MR) is 69.5 cm³/mol. The first-order valence-electron chi connectivity index (χ1n) is 5.39. The van der Waals surface area contributed by atoms with Crippen molar-refractivity contribution >= 4 is 12.4 Å². The van der Waals surface area contributed by atoms with Crippen LogP contribution < -0.4 is 5.73 Å². The lowest BCUT2D eigenvalue weighted by atomic mass is 9.91. The molecule has 0 radical (unpaired) electrons. The molecule has 0 amide bonds. The molecule has 0 aromatic heterocycles. The van der Waals surface area contributed by atoms with E-state index in [-0.39, 0.29) is 18.4 Å². The van der Waals surface area contributed by atoms with Gasteiger partial charge in [-0.1, -0.05) is 38.5 Å². The standard InChI is InChI=1S/C13H21N.ClH/c1-5-9(2)13(14)12-7-6-10(3)11(4)8-12;/h6-9,13H,5,14H2,1-4H3;1H/t9?,13-;/m0./s1. The molecule has 1 nitrogen and oxygen atoms in total. The van der Waals surface area contributed by atoms with Gasteiger partial charge < -0.3 is 5.73 Å². The Kier molecular flexibility index (Phi) is 5.92. The normalized spacial score (nSPS) is 14.2. The summed E-state index contributed by atoms with van der Waals surface area (Å²) in [5, 5.41) is 0. The van der Waals surface area contributed by atoms with Crippen molar-refractivity contribution in [2.24, 2.45) is 11.7 Å². The molecule has 0 spiro atoms. The third-order valence-corrected chi connectivity index (χ3v) is 3.17. The quantitative estimate of drug-likeness (QED) is 0.836. The van der Waals surface area contributed by atoms with Crippen LogP contribution in [0.2, 0.25) is 0 Å². The largest absolute Gasteiger partial charge is 0.324 e. The Morgan fingerprint density at radius 1 is 1.20 bits per heavy atom. The van der Waals surface area contributed by atoms with Crippen LogP contribution in [0.3, 0.4) is 0 Å². The lowest BCUT2D eigenvalue weighted by molar-refractivity contribution is 0.456. The Labute approximate surface area is 99.5 Å². The average molecular weight is 228 g/mol. The van der Waals surface area contributed by atoms with Crippen LogP contribution in [0, 0.1) is 19.8 Å². The summed E-state index contributed by atoms with van der Waals surface area (Å²) in [4.78, 5) is 0. The molecule has 1 aromatic rings. The summed E-state index contributed by atoms with van der Waals surface area (Å²) in [7, 11) is 0. The van der Waals surface area contributed by atoms with Crippen molar-refractivity contribution in [2.45, 2.75) is 40.2 Å². The molecular weight excluding hydrogens is 206 g/mol. The van der Waals surface area contributed by atoms with Crippen LogP contribution in [-0.2, 0) is 0 Å². The molecule has 1 unspecified atom stereocenters. The highest BCUT2D eigenvalue weighted by Gasteiger charge is 2.13. The van der Waals surface area contributed by atoms with E-state index in [1.165, 1.54) is 16.7 Å². The highest BCUT2D eigenvalue weighted by molar-refractivity contribution is 5.85. The molecule has 0 bridgehead atoms.